The van der Waals surface area contributed by atoms with Crippen LogP contribution in [0.2, 0.25) is 5.02 Å². The van der Waals surface area contributed by atoms with Crippen molar-refractivity contribution in [1.29, 1.82) is 0 Å². The number of para-hydroxylation sites is 1. The van der Waals surface area contributed by atoms with Crippen LogP contribution in [0.3, 0.4) is 0 Å². The monoisotopic (exact) mass is 489 g/mol. The fraction of sp³-hybridized carbons (Fsp3) is 0.310. The van der Waals surface area contributed by atoms with Crippen molar-refractivity contribution in [3.05, 3.63) is 101 Å². The molecule has 2 atom stereocenters. The zero-order chi connectivity index (χ0) is 24.3. The summed E-state index contributed by atoms with van der Waals surface area (Å²) in [6, 6.07) is 25.9. The molecule has 1 N–H and O–H groups in total. The van der Waals surface area contributed by atoms with E-state index < -0.39 is 6.04 Å². The minimum absolute atomic E-state index is 0.0887. The number of carbonyl (C=O) groups is 2. The molecule has 0 aromatic heterocycles. The number of hydrogen-bond donors (Lipinski definition) is 1. The van der Waals surface area contributed by atoms with Gasteiger partial charge in [-0.05, 0) is 29.8 Å². The number of fused-ring (bicyclic) bond motifs is 3. The normalized spacial score (nSPS) is 23.9. The van der Waals surface area contributed by atoms with Crippen molar-refractivity contribution < 1.29 is 18.8 Å². The molecule has 6 heteroatoms. The van der Waals surface area contributed by atoms with Gasteiger partial charge in [-0.1, -0.05) is 72.3 Å². The number of rotatable bonds is 8. The first-order valence-corrected chi connectivity index (χ1v) is 12.6. The van der Waals surface area contributed by atoms with E-state index in [-0.39, 0.29) is 17.9 Å². The van der Waals surface area contributed by atoms with Gasteiger partial charge in [0.2, 0.25) is 5.78 Å². The molecular formula is C29H30ClN2O3+. The fourth-order valence-corrected chi connectivity index (χ4v) is 5.67. The van der Waals surface area contributed by atoms with Crippen molar-refractivity contribution in [3.63, 3.8) is 0 Å². The first-order valence-electron chi connectivity index (χ1n) is 12.2. The topological polar surface area (TPSA) is 55.4 Å². The number of ether oxygens (including phenoxy) is 1. The van der Waals surface area contributed by atoms with E-state index >= 15 is 0 Å². The maximum Gasteiger partial charge on any atom is 0.333 e. The zero-order valence-electron chi connectivity index (χ0n) is 19.6. The first-order chi connectivity index (χ1) is 17.0. The Morgan fingerprint density at radius 2 is 1.63 bits per heavy atom. The smallest absolute Gasteiger partial charge is 0.333 e. The van der Waals surface area contributed by atoms with E-state index in [1.54, 1.807) is 12.1 Å². The molecule has 0 saturated carbocycles. The maximum atomic E-state index is 13.5. The molecular weight excluding hydrogens is 460 g/mol. The average Bonchev–Trinajstić information content (AvgIpc) is 2.89. The van der Waals surface area contributed by atoms with E-state index in [1.807, 2.05) is 72.8 Å². The molecule has 3 fully saturated rings. The molecule has 3 aromatic carbocycles. The third-order valence-electron chi connectivity index (χ3n) is 7.39. The highest BCUT2D eigenvalue weighted by atomic mass is 35.5. The summed E-state index contributed by atoms with van der Waals surface area (Å²) in [6.45, 7) is 2.96. The van der Waals surface area contributed by atoms with Crippen LogP contribution in [-0.2, 0) is 9.53 Å². The Balaban J connectivity index is 1.31. The van der Waals surface area contributed by atoms with Crippen LogP contribution in [0.4, 0.5) is 5.69 Å². The molecule has 2 bridgehead atoms. The van der Waals surface area contributed by atoms with Gasteiger partial charge in [0.15, 0.2) is 12.1 Å². The third kappa shape index (κ3) is 5.42. The van der Waals surface area contributed by atoms with Crippen LogP contribution in [0.25, 0.3) is 0 Å². The number of hydrogen-bond acceptors (Lipinski definition) is 4. The van der Waals surface area contributed by atoms with Crippen molar-refractivity contribution in [2.75, 3.05) is 31.5 Å². The molecule has 0 spiro atoms. The zero-order valence-corrected chi connectivity index (χ0v) is 20.4. The number of Topliss-reactive ketones (excluding diaryl/α,β-unsaturated/α-hetero) is 1. The third-order valence-corrected chi connectivity index (χ3v) is 7.62. The largest absolute Gasteiger partial charge is 0.454 e. The number of anilines is 1. The molecule has 3 heterocycles. The highest BCUT2D eigenvalue weighted by Gasteiger charge is 2.49. The molecule has 3 aromatic rings. The lowest BCUT2D eigenvalue weighted by Crippen LogP contribution is -2.65. The second-order valence-electron chi connectivity index (χ2n) is 9.73. The Hall–Kier alpha value is -3.15. The number of quaternary nitrogens is 1. The average molecular weight is 490 g/mol. The van der Waals surface area contributed by atoms with Gasteiger partial charge in [0, 0.05) is 35.0 Å². The van der Waals surface area contributed by atoms with Gasteiger partial charge in [0.05, 0.1) is 13.1 Å². The van der Waals surface area contributed by atoms with Gasteiger partial charge in [-0.3, -0.25) is 4.79 Å². The molecule has 35 heavy (non-hydrogen) atoms. The van der Waals surface area contributed by atoms with Crippen LogP contribution in [0, 0.1) is 5.92 Å². The quantitative estimate of drug-likeness (QED) is 0.257. The Labute approximate surface area is 211 Å². The minimum atomic E-state index is -0.601. The van der Waals surface area contributed by atoms with Gasteiger partial charge in [-0.15, -0.1) is 0 Å². The van der Waals surface area contributed by atoms with Crippen molar-refractivity contribution in [2.24, 2.45) is 5.92 Å². The number of carbonyl (C=O) groups excluding carboxylic acids is 2. The van der Waals surface area contributed by atoms with Crippen LogP contribution >= 0.6 is 11.6 Å². The van der Waals surface area contributed by atoms with Gasteiger partial charge >= 0.3 is 5.97 Å². The summed E-state index contributed by atoms with van der Waals surface area (Å²) in [4.78, 5) is 26.6. The summed E-state index contributed by atoms with van der Waals surface area (Å²) in [5.41, 5.74) is 2.37. The summed E-state index contributed by atoms with van der Waals surface area (Å²) in [5, 5.41) is 3.92. The second-order valence-corrected chi connectivity index (χ2v) is 10.2. The molecule has 1 unspecified atom stereocenters. The molecule has 0 radical (unpaired) electrons. The van der Waals surface area contributed by atoms with Crippen LogP contribution in [0.1, 0.15) is 34.8 Å². The summed E-state index contributed by atoms with van der Waals surface area (Å²) < 4.78 is 6.86. The van der Waals surface area contributed by atoms with Gasteiger partial charge in [0.25, 0.3) is 0 Å². The van der Waals surface area contributed by atoms with Gasteiger partial charge in [0.1, 0.15) is 13.1 Å². The SMILES string of the molecule is O=C(C[N+]12CCC(CC1)[C@@H](OC(=O)C(Nc1ccccc1)c1ccccc1)C2)c1cccc(Cl)c1. The van der Waals surface area contributed by atoms with E-state index in [9.17, 15) is 9.59 Å². The predicted octanol–water partition coefficient (Wildman–Crippen LogP) is 5.53. The highest BCUT2D eigenvalue weighted by Crippen LogP contribution is 2.37. The van der Waals surface area contributed by atoms with Crippen molar-refractivity contribution in [2.45, 2.75) is 25.0 Å². The van der Waals surface area contributed by atoms with Crippen molar-refractivity contribution in [3.8, 4) is 0 Å². The Bertz CT molecular complexity index is 1180. The Morgan fingerprint density at radius 1 is 0.943 bits per heavy atom. The lowest BCUT2D eigenvalue weighted by molar-refractivity contribution is -0.938. The molecule has 5 nitrogen and oxygen atoms in total. The molecule has 3 aliphatic heterocycles. The lowest BCUT2D eigenvalue weighted by Gasteiger charge is -2.51. The lowest BCUT2D eigenvalue weighted by atomic mass is 9.82. The van der Waals surface area contributed by atoms with E-state index in [2.05, 4.69) is 5.32 Å². The second kappa shape index (κ2) is 10.2. The molecule has 180 valence electrons. The van der Waals surface area contributed by atoms with Crippen LogP contribution in [0.5, 0.6) is 0 Å². The number of piperidine rings is 3. The fourth-order valence-electron chi connectivity index (χ4n) is 5.48. The Kier molecular flexibility index (Phi) is 6.89. The number of esters is 1. The number of benzene rings is 3. The molecule has 6 rings (SSSR count). The standard InChI is InChI=1S/C29H30ClN2O3/c30-24-11-7-10-23(18-24)26(33)19-32-16-14-21(15-17-32)27(20-32)35-29(34)28(22-8-3-1-4-9-22)31-25-12-5-2-6-13-25/h1-13,18,21,27-28,31H,14-17,19-20H2/q+1/t21?,27-,28?,32?/m0/s1. The van der Waals surface area contributed by atoms with Crippen LogP contribution < -0.4 is 5.32 Å². The summed E-state index contributed by atoms with van der Waals surface area (Å²) in [5.74, 6) is 0.150. The van der Waals surface area contributed by atoms with E-state index in [0.29, 0.717) is 34.1 Å². The number of nitrogens with one attached hydrogen (secondary N) is 1. The summed E-state index contributed by atoms with van der Waals surface area (Å²) >= 11 is 6.11. The van der Waals surface area contributed by atoms with Crippen molar-refractivity contribution in [1.82, 2.24) is 0 Å². The number of nitrogens with zero attached hydrogens (tertiary/aromatic N) is 1. The maximum absolute atomic E-state index is 13.5. The van der Waals surface area contributed by atoms with Crippen LogP contribution in [0.15, 0.2) is 84.9 Å². The van der Waals surface area contributed by atoms with Gasteiger partial charge in [-0.25, -0.2) is 4.79 Å². The molecule has 3 aliphatic rings. The minimum Gasteiger partial charge on any atom is -0.454 e. The summed E-state index contributed by atoms with van der Waals surface area (Å²) in [7, 11) is 0. The summed E-state index contributed by atoms with van der Waals surface area (Å²) in [6.07, 6.45) is 1.73. The predicted molar refractivity (Wildman–Crippen MR) is 137 cm³/mol. The van der Waals surface area contributed by atoms with E-state index in [1.165, 1.54) is 0 Å². The van der Waals surface area contributed by atoms with E-state index in [4.69, 9.17) is 16.3 Å². The van der Waals surface area contributed by atoms with Crippen LogP contribution in [-0.4, -0.2) is 48.5 Å². The molecule has 3 saturated heterocycles. The van der Waals surface area contributed by atoms with Gasteiger partial charge < -0.3 is 14.5 Å². The number of ketones is 1. The van der Waals surface area contributed by atoms with E-state index in [0.717, 1.165) is 37.2 Å². The van der Waals surface area contributed by atoms with Crippen molar-refractivity contribution >= 4 is 29.0 Å². The molecule has 0 amide bonds. The first kappa shape index (κ1) is 23.6. The molecule has 0 aliphatic carbocycles. The van der Waals surface area contributed by atoms with Gasteiger partial charge in [-0.2, -0.15) is 0 Å². The Morgan fingerprint density at radius 3 is 2.31 bits per heavy atom. The number of halogens is 1. The highest BCUT2D eigenvalue weighted by molar-refractivity contribution is 6.31.